The van der Waals surface area contributed by atoms with E-state index in [1.165, 1.54) is 0 Å². The zero-order chi connectivity index (χ0) is 12.2. The number of hydrogen-bond acceptors (Lipinski definition) is 3. The van der Waals surface area contributed by atoms with Gasteiger partial charge in [-0.15, -0.1) is 11.6 Å². The smallest absolute Gasteiger partial charge is 0.229 e. The molecule has 1 aliphatic rings. The summed E-state index contributed by atoms with van der Waals surface area (Å²) in [7, 11) is 0. The lowest BCUT2D eigenvalue weighted by Gasteiger charge is -2.37. The summed E-state index contributed by atoms with van der Waals surface area (Å²) >= 11 is 5.79. The summed E-state index contributed by atoms with van der Waals surface area (Å²) in [5, 5.41) is 8.82. The second-order valence-corrected chi connectivity index (χ2v) is 5.14. The van der Waals surface area contributed by atoms with E-state index in [4.69, 9.17) is 16.7 Å². The zero-order valence-corrected chi connectivity index (χ0v) is 10.8. The first-order valence-corrected chi connectivity index (χ1v) is 6.23. The summed E-state index contributed by atoms with van der Waals surface area (Å²) in [6.07, 6.45) is 0. The number of piperazine rings is 1. The number of amides is 1. The molecule has 0 spiro atoms. The summed E-state index contributed by atoms with van der Waals surface area (Å²) in [4.78, 5) is 16.1. The molecule has 94 valence electrons. The van der Waals surface area contributed by atoms with E-state index >= 15 is 0 Å². The number of alkyl halides is 1. The topological polar surface area (TPSA) is 43.8 Å². The first-order chi connectivity index (χ1) is 7.51. The van der Waals surface area contributed by atoms with E-state index in [0.29, 0.717) is 12.4 Å². The third-order valence-electron chi connectivity index (χ3n) is 2.99. The molecule has 0 radical (unpaired) electrons. The minimum absolute atomic E-state index is 0.131. The Bertz CT molecular complexity index is 238. The molecule has 1 amide bonds. The van der Waals surface area contributed by atoms with E-state index in [1.807, 2.05) is 18.7 Å². The predicted molar refractivity (Wildman–Crippen MR) is 64.6 cm³/mol. The van der Waals surface area contributed by atoms with Gasteiger partial charge in [0.1, 0.15) is 0 Å². The van der Waals surface area contributed by atoms with Crippen LogP contribution >= 0.6 is 11.6 Å². The maximum Gasteiger partial charge on any atom is 0.229 e. The van der Waals surface area contributed by atoms with Gasteiger partial charge in [-0.1, -0.05) is 0 Å². The fourth-order valence-corrected chi connectivity index (χ4v) is 1.92. The second kappa shape index (κ2) is 5.84. The minimum Gasteiger partial charge on any atom is -0.395 e. The molecule has 1 rings (SSSR count). The van der Waals surface area contributed by atoms with Gasteiger partial charge in [0.2, 0.25) is 5.91 Å². The average molecular weight is 249 g/mol. The Labute approximate surface area is 102 Å². The molecular formula is C11H21ClN2O2. The lowest BCUT2D eigenvalue weighted by Crippen LogP contribution is -2.52. The molecule has 1 N–H and O–H groups in total. The molecule has 0 bridgehead atoms. The van der Waals surface area contributed by atoms with Gasteiger partial charge in [-0.3, -0.25) is 9.69 Å². The molecule has 1 saturated heterocycles. The molecule has 0 aliphatic carbocycles. The van der Waals surface area contributed by atoms with E-state index in [2.05, 4.69) is 4.90 Å². The summed E-state index contributed by atoms with van der Waals surface area (Å²) in [5.74, 6) is 0.481. The van der Waals surface area contributed by atoms with Crippen LogP contribution < -0.4 is 0 Å². The quantitative estimate of drug-likeness (QED) is 0.732. The highest BCUT2D eigenvalue weighted by atomic mass is 35.5. The number of carbonyl (C=O) groups is 1. The van der Waals surface area contributed by atoms with Crippen LogP contribution in [0.25, 0.3) is 0 Å². The minimum atomic E-state index is -0.472. The molecule has 1 fully saturated rings. The molecule has 0 aromatic carbocycles. The normalized spacial score (nSPS) is 18.9. The molecule has 16 heavy (non-hydrogen) atoms. The van der Waals surface area contributed by atoms with Gasteiger partial charge in [0.05, 0.1) is 12.0 Å². The Balaban J connectivity index is 2.45. The first kappa shape index (κ1) is 13.7. The van der Waals surface area contributed by atoms with Crippen molar-refractivity contribution in [3.05, 3.63) is 0 Å². The van der Waals surface area contributed by atoms with Crippen LogP contribution in [-0.2, 0) is 4.79 Å². The fourth-order valence-electron chi connectivity index (χ4n) is 1.80. The maximum atomic E-state index is 12.1. The van der Waals surface area contributed by atoms with Crippen molar-refractivity contribution in [3.63, 3.8) is 0 Å². The van der Waals surface area contributed by atoms with Crippen LogP contribution in [0.2, 0.25) is 0 Å². The zero-order valence-electron chi connectivity index (χ0n) is 10.1. The van der Waals surface area contributed by atoms with Crippen LogP contribution in [0.5, 0.6) is 0 Å². The van der Waals surface area contributed by atoms with E-state index in [-0.39, 0.29) is 12.5 Å². The molecule has 5 heteroatoms. The lowest BCUT2D eigenvalue weighted by molar-refractivity contribution is -0.141. The third-order valence-corrected chi connectivity index (χ3v) is 3.66. The molecule has 0 atom stereocenters. The monoisotopic (exact) mass is 248 g/mol. The average Bonchev–Trinajstić information content (AvgIpc) is 2.29. The number of carbonyl (C=O) groups excluding carboxylic acids is 1. The number of hydrogen-bond donors (Lipinski definition) is 1. The molecule has 4 nitrogen and oxygen atoms in total. The van der Waals surface area contributed by atoms with Crippen molar-refractivity contribution in [2.75, 3.05) is 45.2 Å². The number of aliphatic hydroxyl groups is 1. The van der Waals surface area contributed by atoms with Crippen LogP contribution in [0.15, 0.2) is 0 Å². The highest BCUT2D eigenvalue weighted by molar-refractivity contribution is 6.19. The molecular weight excluding hydrogens is 228 g/mol. The largest absolute Gasteiger partial charge is 0.395 e. The molecule has 0 aromatic rings. The first-order valence-electron chi connectivity index (χ1n) is 5.70. The second-order valence-electron chi connectivity index (χ2n) is 4.87. The van der Waals surface area contributed by atoms with Crippen LogP contribution in [0.4, 0.5) is 0 Å². The maximum absolute atomic E-state index is 12.1. The summed E-state index contributed by atoms with van der Waals surface area (Å²) < 4.78 is 0. The Hall–Kier alpha value is -0.320. The number of β-amino-alcohol motifs (C(OH)–C–C–N with tert-alkyl or cyclic N) is 1. The van der Waals surface area contributed by atoms with Crippen LogP contribution in [0.3, 0.4) is 0 Å². The van der Waals surface area contributed by atoms with Gasteiger partial charge in [0.15, 0.2) is 0 Å². The van der Waals surface area contributed by atoms with E-state index < -0.39 is 5.41 Å². The van der Waals surface area contributed by atoms with E-state index in [1.54, 1.807) is 0 Å². The van der Waals surface area contributed by atoms with Crippen molar-refractivity contribution in [1.29, 1.82) is 0 Å². The predicted octanol–water partition coefficient (Wildman–Crippen LogP) is 0.388. The van der Waals surface area contributed by atoms with Crippen molar-refractivity contribution in [2.45, 2.75) is 13.8 Å². The SMILES string of the molecule is CC(C)(CCl)C(=O)N1CCN(CCO)CC1. The Morgan fingerprint density at radius 3 is 2.31 bits per heavy atom. The molecule has 1 heterocycles. The van der Waals surface area contributed by atoms with Gasteiger partial charge in [-0.2, -0.15) is 0 Å². The van der Waals surface area contributed by atoms with Gasteiger partial charge >= 0.3 is 0 Å². The Kier molecular flexibility index (Phi) is 5.02. The summed E-state index contributed by atoms with van der Waals surface area (Å²) in [6.45, 7) is 7.78. The van der Waals surface area contributed by atoms with E-state index in [0.717, 1.165) is 26.2 Å². The third kappa shape index (κ3) is 3.34. The molecule has 0 aromatic heterocycles. The van der Waals surface area contributed by atoms with Crippen LogP contribution in [0, 0.1) is 5.41 Å². The Morgan fingerprint density at radius 1 is 1.31 bits per heavy atom. The number of halogens is 1. The van der Waals surface area contributed by atoms with Crippen molar-refractivity contribution < 1.29 is 9.90 Å². The standard InChI is InChI=1S/C11H21ClN2O2/c1-11(2,9-12)10(16)14-5-3-13(4-6-14)7-8-15/h15H,3-9H2,1-2H3. The number of aliphatic hydroxyl groups excluding tert-OH is 1. The van der Waals surface area contributed by atoms with Crippen LogP contribution in [-0.4, -0.2) is 66.0 Å². The van der Waals surface area contributed by atoms with Gasteiger partial charge in [-0.25, -0.2) is 0 Å². The highest BCUT2D eigenvalue weighted by Crippen LogP contribution is 2.21. The highest BCUT2D eigenvalue weighted by Gasteiger charge is 2.32. The van der Waals surface area contributed by atoms with Crippen molar-refractivity contribution in [3.8, 4) is 0 Å². The van der Waals surface area contributed by atoms with Gasteiger partial charge < -0.3 is 10.0 Å². The van der Waals surface area contributed by atoms with Crippen molar-refractivity contribution in [1.82, 2.24) is 9.80 Å². The van der Waals surface area contributed by atoms with E-state index in [9.17, 15) is 4.79 Å². The molecule has 0 saturated carbocycles. The van der Waals surface area contributed by atoms with Crippen molar-refractivity contribution >= 4 is 17.5 Å². The Morgan fingerprint density at radius 2 is 1.88 bits per heavy atom. The molecule has 1 aliphatic heterocycles. The van der Waals surface area contributed by atoms with Gasteiger partial charge in [0.25, 0.3) is 0 Å². The fraction of sp³-hybridized carbons (Fsp3) is 0.909. The van der Waals surface area contributed by atoms with Crippen molar-refractivity contribution in [2.24, 2.45) is 5.41 Å². The number of rotatable bonds is 4. The summed E-state index contributed by atoms with van der Waals surface area (Å²) in [6, 6.07) is 0. The molecule has 0 unspecified atom stereocenters. The number of nitrogens with zero attached hydrogens (tertiary/aromatic N) is 2. The van der Waals surface area contributed by atoms with Gasteiger partial charge in [-0.05, 0) is 13.8 Å². The summed E-state index contributed by atoms with van der Waals surface area (Å²) in [5.41, 5.74) is -0.472. The lowest BCUT2D eigenvalue weighted by atomic mass is 9.94. The van der Waals surface area contributed by atoms with Gasteiger partial charge in [0, 0.05) is 38.6 Å². The van der Waals surface area contributed by atoms with Crippen LogP contribution in [0.1, 0.15) is 13.8 Å².